The van der Waals surface area contributed by atoms with Crippen molar-refractivity contribution in [2.24, 2.45) is 0 Å². The van der Waals surface area contributed by atoms with Crippen LogP contribution in [0.3, 0.4) is 0 Å². The van der Waals surface area contributed by atoms with E-state index in [1.54, 1.807) is 29.2 Å². The summed E-state index contributed by atoms with van der Waals surface area (Å²) in [5, 5.41) is 0. The fraction of sp³-hybridized carbons (Fsp3) is 0.125. The molecule has 3 aromatic rings. The zero-order chi connectivity index (χ0) is 24.7. The van der Waals surface area contributed by atoms with Crippen LogP contribution in [0.1, 0.15) is 40.0 Å². The first-order chi connectivity index (χ1) is 17.7. The molecular formula is C32H28N2O2. The summed E-state index contributed by atoms with van der Waals surface area (Å²) >= 11 is 0. The van der Waals surface area contributed by atoms with Gasteiger partial charge < -0.3 is 4.90 Å². The number of amides is 2. The largest absolute Gasteiger partial charge is 0.301 e. The van der Waals surface area contributed by atoms with Crippen LogP contribution in [0.15, 0.2) is 133 Å². The van der Waals surface area contributed by atoms with E-state index in [0.717, 1.165) is 36.3 Å². The van der Waals surface area contributed by atoms with Gasteiger partial charge in [0, 0.05) is 28.2 Å². The van der Waals surface area contributed by atoms with Crippen LogP contribution in [-0.2, 0) is 0 Å². The van der Waals surface area contributed by atoms with Crippen molar-refractivity contribution in [3.05, 3.63) is 144 Å². The van der Waals surface area contributed by atoms with Crippen LogP contribution in [0.25, 0.3) is 0 Å². The molecule has 2 aliphatic rings. The third-order valence-electron chi connectivity index (χ3n) is 6.35. The van der Waals surface area contributed by atoms with E-state index in [0.29, 0.717) is 11.1 Å². The molecule has 2 amide bonds. The number of carbonyl (C=O) groups excluding carboxylic acids is 2. The second-order valence-electron chi connectivity index (χ2n) is 8.79. The van der Waals surface area contributed by atoms with Gasteiger partial charge in [-0.25, -0.2) is 0 Å². The molecule has 3 aromatic carbocycles. The van der Waals surface area contributed by atoms with Crippen molar-refractivity contribution < 1.29 is 9.59 Å². The molecule has 4 nitrogen and oxygen atoms in total. The molecule has 0 fully saturated rings. The Bertz CT molecular complexity index is 1350. The van der Waals surface area contributed by atoms with E-state index in [-0.39, 0.29) is 17.9 Å². The summed E-state index contributed by atoms with van der Waals surface area (Å²) in [4.78, 5) is 31.3. The smallest absolute Gasteiger partial charge is 0.262 e. The molecule has 0 bridgehead atoms. The summed E-state index contributed by atoms with van der Waals surface area (Å²) in [5.41, 5.74) is 3.42. The Morgan fingerprint density at radius 1 is 0.694 bits per heavy atom. The number of nitrogens with zero attached hydrogens (tertiary/aromatic N) is 2. The van der Waals surface area contributed by atoms with E-state index in [9.17, 15) is 9.59 Å². The minimum absolute atomic E-state index is 0.0948. The highest BCUT2D eigenvalue weighted by Crippen LogP contribution is 2.27. The zero-order valence-corrected chi connectivity index (χ0v) is 20.0. The van der Waals surface area contributed by atoms with E-state index < -0.39 is 0 Å². The molecule has 0 aliphatic heterocycles. The third kappa shape index (κ3) is 4.98. The van der Waals surface area contributed by atoms with Crippen LogP contribution in [0.2, 0.25) is 0 Å². The quantitative estimate of drug-likeness (QED) is 0.384. The Morgan fingerprint density at radius 2 is 1.39 bits per heavy atom. The molecule has 0 saturated carbocycles. The number of hydrogen-bond donors (Lipinski definition) is 0. The lowest BCUT2D eigenvalue weighted by Crippen LogP contribution is -2.40. The number of para-hydroxylation sites is 2. The van der Waals surface area contributed by atoms with Gasteiger partial charge in [-0.05, 0) is 67.8 Å². The van der Waals surface area contributed by atoms with Crippen LogP contribution in [0.4, 0.5) is 11.4 Å². The highest BCUT2D eigenvalue weighted by molar-refractivity contribution is 6.12. The summed E-state index contributed by atoms with van der Waals surface area (Å²) in [6, 6.07) is 26.3. The van der Waals surface area contributed by atoms with Crippen molar-refractivity contribution in [1.29, 1.82) is 0 Å². The second kappa shape index (κ2) is 10.9. The third-order valence-corrected chi connectivity index (χ3v) is 6.35. The molecule has 0 spiro atoms. The van der Waals surface area contributed by atoms with E-state index >= 15 is 0 Å². The molecule has 36 heavy (non-hydrogen) atoms. The van der Waals surface area contributed by atoms with E-state index in [2.05, 4.69) is 18.2 Å². The molecule has 5 rings (SSSR count). The summed E-state index contributed by atoms with van der Waals surface area (Å²) in [6.45, 7) is 0. The first-order valence-corrected chi connectivity index (χ1v) is 12.3. The molecule has 0 saturated heterocycles. The van der Waals surface area contributed by atoms with E-state index in [1.807, 2.05) is 89.9 Å². The van der Waals surface area contributed by atoms with E-state index in [4.69, 9.17) is 0 Å². The van der Waals surface area contributed by atoms with Gasteiger partial charge in [-0.1, -0.05) is 78.9 Å². The Balaban J connectivity index is 1.50. The predicted molar refractivity (Wildman–Crippen MR) is 146 cm³/mol. The van der Waals surface area contributed by atoms with Crippen molar-refractivity contribution in [2.45, 2.75) is 25.3 Å². The number of allylic oxidation sites excluding steroid dienone is 5. The normalized spacial score (nSPS) is 16.3. The lowest BCUT2D eigenvalue weighted by Gasteiger charge is -2.31. The predicted octanol–water partition coefficient (Wildman–Crippen LogP) is 7.10. The average Bonchev–Trinajstić information content (AvgIpc) is 2.96. The van der Waals surface area contributed by atoms with Crippen molar-refractivity contribution in [3.63, 3.8) is 0 Å². The maximum atomic E-state index is 13.9. The lowest BCUT2D eigenvalue weighted by atomic mass is 10.0. The Morgan fingerprint density at radius 3 is 2.03 bits per heavy atom. The molecular weight excluding hydrogens is 444 g/mol. The second-order valence-corrected chi connectivity index (χ2v) is 8.79. The molecule has 0 N–H and O–H groups in total. The van der Waals surface area contributed by atoms with Gasteiger partial charge in [-0.15, -0.1) is 0 Å². The van der Waals surface area contributed by atoms with Crippen LogP contribution in [0, 0.1) is 0 Å². The van der Waals surface area contributed by atoms with Gasteiger partial charge in [0.05, 0.1) is 6.04 Å². The molecule has 178 valence electrons. The maximum Gasteiger partial charge on any atom is 0.262 e. The van der Waals surface area contributed by atoms with Gasteiger partial charge in [-0.3, -0.25) is 14.5 Å². The number of rotatable bonds is 6. The highest BCUT2D eigenvalue weighted by Gasteiger charge is 2.27. The molecule has 0 aromatic heterocycles. The fourth-order valence-corrected chi connectivity index (χ4v) is 4.59. The minimum atomic E-state index is -0.166. The van der Waals surface area contributed by atoms with Crippen LogP contribution < -0.4 is 9.80 Å². The Hall–Kier alpha value is -4.44. The average molecular weight is 473 g/mol. The van der Waals surface area contributed by atoms with Gasteiger partial charge in [-0.2, -0.15) is 0 Å². The molecule has 4 heteroatoms. The molecule has 0 radical (unpaired) electrons. The SMILES string of the molecule is O=C(c1cccc(C(=O)N(c2ccccc2)C2C=CC=CC2)c1)N(C1=CCCC=C1)c1ccccc1. The first kappa shape index (κ1) is 23.3. The van der Waals surface area contributed by atoms with Gasteiger partial charge in [0.25, 0.3) is 11.8 Å². The summed E-state index contributed by atoms with van der Waals surface area (Å²) in [6.07, 6.45) is 16.8. The van der Waals surface area contributed by atoms with Crippen molar-refractivity contribution in [1.82, 2.24) is 0 Å². The van der Waals surface area contributed by atoms with Crippen molar-refractivity contribution in [3.8, 4) is 0 Å². The number of carbonyl (C=O) groups is 2. The van der Waals surface area contributed by atoms with Gasteiger partial charge in [0.1, 0.15) is 0 Å². The van der Waals surface area contributed by atoms with Crippen molar-refractivity contribution in [2.75, 3.05) is 9.80 Å². The first-order valence-electron chi connectivity index (χ1n) is 12.3. The Labute approximate surface area is 212 Å². The number of hydrogen-bond acceptors (Lipinski definition) is 2. The maximum absolute atomic E-state index is 13.9. The topological polar surface area (TPSA) is 40.6 Å². The van der Waals surface area contributed by atoms with Gasteiger partial charge in [0.15, 0.2) is 0 Å². The van der Waals surface area contributed by atoms with Crippen LogP contribution in [-0.4, -0.2) is 17.9 Å². The summed E-state index contributed by atoms with van der Waals surface area (Å²) in [7, 11) is 0. The lowest BCUT2D eigenvalue weighted by molar-refractivity contribution is 0.0981. The van der Waals surface area contributed by atoms with Gasteiger partial charge >= 0.3 is 0 Å². The molecule has 1 unspecified atom stereocenters. The molecule has 1 atom stereocenters. The highest BCUT2D eigenvalue weighted by atomic mass is 16.2. The van der Waals surface area contributed by atoms with Crippen molar-refractivity contribution >= 4 is 23.2 Å². The molecule has 2 aliphatic carbocycles. The fourth-order valence-electron chi connectivity index (χ4n) is 4.59. The molecule has 0 heterocycles. The number of anilines is 2. The minimum Gasteiger partial charge on any atom is -0.301 e. The zero-order valence-electron chi connectivity index (χ0n) is 20.0. The van der Waals surface area contributed by atoms with Gasteiger partial charge in [0.2, 0.25) is 0 Å². The number of benzene rings is 3. The van der Waals surface area contributed by atoms with Crippen LogP contribution >= 0.6 is 0 Å². The summed E-state index contributed by atoms with van der Waals surface area (Å²) < 4.78 is 0. The monoisotopic (exact) mass is 472 g/mol. The van der Waals surface area contributed by atoms with Crippen LogP contribution in [0.5, 0.6) is 0 Å². The Kier molecular flexibility index (Phi) is 7.04. The van der Waals surface area contributed by atoms with E-state index in [1.165, 1.54) is 0 Å². The standard InChI is InChI=1S/C32H28N2O2/c35-31(33(27-16-5-1-6-17-27)28-18-7-2-8-19-28)25-14-13-15-26(24-25)32(36)34(29-20-9-3-10-21-29)30-22-11-4-12-23-30/h1-3,5-11,13-18,20-24,28H,4,12,19H2. The summed E-state index contributed by atoms with van der Waals surface area (Å²) in [5.74, 6) is -0.302.